The zero-order valence-corrected chi connectivity index (χ0v) is 15.0. The Morgan fingerprint density at radius 3 is 2.46 bits per heavy atom. The van der Waals surface area contributed by atoms with E-state index in [1.807, 2.05) is 31.2 Å². The van der Waals surface area contributed by atoms with Crippen LogP contribution in [0.3, 0.4) is 0 Å². The maximum atomic E-state index is 13.3. The molecule has 7 nitrogen and oxygen atoms in total. The molecular formula is C21H16N3O4-. The number of fused-ring (bicyclic) bond motifs is 1. The SMILES string of the molecule is Cc1ccc(N2C(=O)c3ccccc3N[C@H]2c2ccc([O-])c([N+](=O)[O-])c2)cc1. The second-order valence-corrected chi connectivity index (χ2v) is 6.59. The van der Waals surface area contributed by atoms with Crippen molar-refractivity contribution in [1.82, 2.24) is 0 Å². The predicted molar refractivity (Wildman–Crippen MR) is 103 cm³/mol. The molecule has 1 aliphatic heterocycles. The number of rotatable bonds is 3. The van der Waals surface area contributed by atoms with Gasteiger partial charge in [0.05, 0.1) is 10.5 Å². The third-order valence-electron chi connectivity index (χ3n) is 4.73. The van der Waals surface area contributed by atoms with Gasteiger partial charge in [-0.2, -0.15) is 0 Å². The van der Waals surface area contributed by atoms with Crippen LogP contribution in [0.25, 0.3) is 0 Å². The average molecular weight is 374 g/mol. The average Bonchev–Trinajstić information content (AvgIpc) is 2.69. The van der Waals surface area contributed by atoms with Gasteiger partial charge < -0.3 is 10.4 Å². The summed E-state index contributed by atoms with van der Waals surface area (Å²) in [5, 5.41) is 26.3. The minimum atomic E-state index is -0.708. The van der Waals surface area contributed by atoms with Gasteiger partial charge in [-0.15, -0.1) is 0 Å². The van der Waals surface area contributed by atoms with Crippen LogP contribution in [0.2, 0.25) is 0 Å². The maximum Gasteiger partial charge on any atom is 0.262 e. The third kappa shape index (κ3) is 2.92. The summed E-state index contributed by atoms with van der Waals surface area (Å²) in [6.07, 6.45) is -0.690. The quantitative estimate of drug-likeness (QED) is 0.556. The van der Waals surface area contributed by atoms with Crippen molar-refractivity contribution < 1.29 is 14.8 Å². The molecule has 4 rings (SSSR count). The molecular weight excluding hydrogens is 358 g/mol. The first-order valence-corrected chi connectivity index (χ1v) is 8.67. The molecule has 3 aromatic carbocycles. The Morgan fingerprint density at radius 2 is 1.75 bits per heavy atom. The highest BCUT2D eigenvalue weighted by Gasteiger charge is 2.34. The van der Waals surface area contributed by atoms with E-state index in [0.717, 1.165) is 11.6 Å². The molecule has 28 heavy (non-hydrogen) atoms. The fourth-order valence-corrected chi connectivity index (χ4v) is 3.31. The molecule has 140 valence electrons. The predicted octanol–water partition coefficient (Wildman–Crippen LogP) is 3.75. The Hall–Kier alpha value is -3.87. The zero-order chi connectivity index (χ0) is 19.8. The van der Waals surface area contributed by atoms with Crippen molar-refractivity contribution >= 4 is 23.0 Å². The highest BCUT2D eigenvalue weighted by molar-refractivity contribution is 6.12. The molecule has 0 saturated carbocycles. The Labute approximate surface area is 161 Å². The molecule has 0 spiro atoms. The van der Waals surface area contributed by atoms with Gasteiger partial charge in [0.2, 0.25) is 0 Å². The van der Waals surface area contributed by atoms with Crippen LogP contribution in [-0.2, 0) is 0 Å². The lowest BCUT2D eigenvalue weighted by molar-refractivity contribution is -0.398. The number of aryl methyl sites for hydroxylation is 1. The number of nitrogens with zero attached hydrogens (tertiary/aromatic N) is 2. The van der Waals surface area contributed by atoms with E-state index in [1.54, 1.807) is 29.2 Å². The summed E-state index contributed by atoms with van der Waals surface area (Å²) >= 11 is 0. The number of benzene rings is 3. The Kier molecular flexibility index (Phi) is 4.19. The number of nitrogens with one attached hydrogen (secondary N) is 1. The summed E-state index contributed by atoms with van der Waals surface area (Å²) in [7, 11) is 0. The molecule has 0 bridgehead atoms. The number of nitro benzene ring substituents is 1. The van der Waals surface area contributed by atoms with Crippen molar-refractivity contribution in [1.29, 1.82) is 0 Å². The number of anilines is 2. The second kappa shape index (κ2) is 6.70. The summed E-state index contributed by atoms with van der Waals surface area (Å²) in [4.78, 5) is 25.3. The van der Waals surface area contributed by atoms with E-state index in [0.29, 0.717) is 22.5 Å². The van der Waals surface area contributed by atoms with Gasteiger partial charge in [0.25, 0.3) is 11.6 Å². The van der Waals surface area contributed by atoms with Gasteiger partial charge in [-0.25, -0.2) is 0 Å². The molecule has 1 amide bonds. The Morgan fingerprint density at radius 1 is 1.04 bits per heavy atom. The molecule has 0 fully saturated rings. The molecule has 0 radical (unpaired) electrons. The molecule has 0 unspecified atom stereocenters. The van der Waals surface area contributed by atoms with E-state index < -0.39 is 22.5 Å². The lowest BCUT2D eigenvalue weighted by Crippen LogP contribution is -2.43. The van der Waals surface area contributed by atoms with Crippen LogP contribution in [-0.4, -0.2) is 10.8 Å². The topological polar surface area (TPSA) is 98.5 Å². The monoisotopic (exact) mass is 374 g/mol. The van der Waals surface area contributed by atoms with Crippen LogP contribution in [0.4, 0.5) is 17.1 Å². The number of hydrogen-bond donors (Lipinski definition) is 1. The molecule has 3 aromatic rings. The molecule has 7 heteroatoms. The van der Waals surface area contributed by atoms with Crippen molar-refractivity contribution in [3.8, 4) is 5.75 Å². The van der Waals surface area contributed by atoms with Crippen molar-refractivity contribution in [2.45, 2.75) is 13.1 Å². The lowest BCUT2D eigenvalue weighted by atomic mass is 10.0. The summed E-state index contributed by atoms with van der Waals surface area (Å²) in [6.45, 7) is 1.95. The number of nitro groups is 1. The van der Waals surface area contributed by atoms with Crippen molar-refractivity contribution in [2.75, 3.05) is 10.2 Å². The van der Waals surface area contributed by atoms with E-state index in [1.165, 1.54) is 12.1 Å². The largest absolute Gasteiger partial charge is 0.868 e. The first kappa shape index (κ1) is 17.5. The number of carbonyl (C=O) groups excluding carboxylic acids is 1. The standard InChI is InChI=1S/C21H17N3O4/c1-13-6-9-15(10-7-13)23-20(14-8-11-19(25)18(12-14)24(27)28)22-17-5-3-2-4-16(17)21(23)26/h2-12,20,22,25H,1H3/p-1/t20-/m1/s1. The minimum Gasteiger partial charge on any atom is -0.868 e. The smallest absolute Gasteiger partial charge is 0.262 e. The molecule has 0 saturated heterocycles. The Bertz CT molecular complexity index is 1080. The molecule has 1 atom stereocenters. The molecule has 1 aliphatic rings. The van der Waals surface area contributed by atoms with E-state index in [9.17, 15) is 20.0 Å². The normalized spacial score (nSPS) is 15.7. The maximum absolute atomic E-state index is 13.3. The van der Waals surface area contributed by atoms with Gasteiger partial charge in [-0.05, 0) is 36.9 Å². The van der Waals surface area contributed by atoms with E-state index in [2.05, 4.69) is 5.32 Å². The van der Waals surface area contributed by atoms with Crippen LogP contribution >= 0.6 is 0 Å². The van der Waals surface area contributed by atoms with Gasteiger partial charge in [0.1, 0.15) is 6.17 Å². The number of hydrogen-bond acceptors (Lipinski definition) is 5. The lowest BCUT2D eigenvalue weighted by Gasteiger charge is -2.38. The first-order valence-electron chi connectivity index (χ1n) is 8.67. The van der Waals surface area contributed by atoms with Gasteiger partial charge in [-0.1, -0.05) is 42.0 Å². The molecule has 1 N–H and O–H groups in total. The summed E-state index contributed by atoms with van der Waals surface area (Å²) < 4.78 is 0. The van der Waals surface area contributed by atoms with Crippen LogP contribution in [0.5, 0.6) is 5.75 Å². The van der Waals surface area contributed by atoms with Crippen LogP contribution in [0.1, 0.15) is 27.7 Å². The van der Waals surface area contributed by atoms with E-state index in [4.69, 9.17) is 0 Å². The molecule has 1 heterocycles. The van der Waals surface area contributed by atoms with Crippen molar-refractivity contribution in [3.63, 3.8) is 0 Å². The number of carbonyl (C=O) groups is 1. The summed E-state index contributed by atoms with van der Waals surface area (Å²) in [6, 6.07) is 18.4. The second-order valence-electron chi connectivity index (χ2n) is 6.59. The van der Waals surface area contributed by atoms with Crippen LogP contribution in [0.15, 0.2) is 66.7 Å². The molecule has 0 aliphatic carbocycles. The summed E-state index contributed by atoms with van der Waals surface area (Å²) in [5.74, 6) is -0.893. The highest BCUT2D eigenvalue weighted by atomic mass is 16.6. The first-order chi connectivity index (χ1) is 13.5. The van der Waals surface area contributed by atoms with Gasteiger partial charge in [0.15, 0.2) is 0 Å². The molecule has 0 aromatic heterocycles. The van der Waals surface area contributed by atoms with E-state index in [-0.39, 0.29) is 5.91 Å². The fraction of sp³-hybridized carbons (Fsp3) is 0.0952. The van der Waals surface area contributed by atoms with Gasteiger partial charge >= 0.3 is 0 Å². The van der Waals surface area contributed by atoms with Crippen molar-refractivity contribution in [3.05, 3.63) is 93.5 Å². The van der Waals surface area contributed by atoms with Crippen LogP contribution < -0.4 is 15.3 Å². The highest BCUT2D eigenvalue weighted by Crippen LogP contribution is 2.38. The third-order valence-corrected chi connectivity index (χ3v) is 4.73. The van der Waals surface area contributed by atoms with E-state index >= 15 is 0 Å². The summed E-state index contributed by atoms with van der Waals surface area (Å²) in [5.41, 5.74) is 2.77. The van der Waals surface area contributed by atoms with Gasteiger partial charge in [-0.3, -0.25) is 19.8 Å². The van der Waals surface area contributed by atoms with Gasteiger partial charge in [0, 0.05) is 23.0 Å². The zero-order valence-electron chi connectivity index (χ0n) is 15.0. The van der Waals surface area contributed by atoms with Crippen LogP contribution in [0, 0.1) is 17.0 Å². The fourth-order valence-electron chi connectivity index (χ4n) is 3.31. The minimum absolute atomic E-state index is 0.225. The number of para-hydroxylation sites is 1. The van der Waals surface area contributed by atoms with Crippen molar-refractivity contribution in [2.24, 2.45) is 0 Å². The number of amides is 1. The Balaban J connectivity index is 1.87.